The molecule has 0 fully saturated rings. The molecule has 1 unspecified atom stereocenters. The van der Waals surface area contributed by atoms with E-state index in [0.29, 0.717) is 22.8 Å². The Morgan fingerprint density at radius 3 is 2.39 bits per heavy atom. The van der Waals surface area contributed by atoms with Crippen LogP contribution in [0.4, 0.5) is 5.69 Å². The number of fused-ring (bicyclic) bond motifs is 1. The Hall–Kier alpha value is -3.29. The van der Waals surface area contributed by atoms with Crippen molar-refractivity contribution in [2.75, 3.05) is 12.4 Å². The topological polar surface area (TPSA) is 62.1 Å². The first-order chi connectivity index (χ1) is 15.6. The fourth-order valence-corrected chi connectivity index (χ4v) is 5.53. The Morgan fingerprint density at radius 1 is 1.06 bits per heavy atom. The van der Waals surface area contributed by atoms with Crippen LogP contribution >= 0.6 is 11.6 Å². The highest BCUT2D eigenvalue weighted by molar-refractivity contribution is 6.35. The van der Waals surface area contributed by atoms with Gasteiger partial charge in [0.25, 0.3) is 0 Å². The van der Waals surface area contributed by atoms with Gasteiger partial charge in [-0.3, -0.25) is 4.79 Å². The van der Waals surface area contributed by atoms with Crippen LogP contribution in [0.15, 0.2) is 54.6 Å². The number of Topliss-reactive ketones (excluding diaryl/α,β-unsaturated/α-hetero) is 1. The molecule has 1 N–H and O–H groups in total. The van der Waals surface area contributed by atoms with Gasteiger partial charge >= 0.3 is 0 Å². The van der Waals surface area contributed by atoms with Gasteiger partial charge < -0.3 is 10.1 Å². The number of aryl methyl sites for hydroxylation is 1. The van der Waals surface area contributed by atoms with E-state index in [9.17, 15) is 10.1 Å². The molecule has 1 aliphatic rings. The molecule has 0 saturated heterocycles. The first kappa shape index (κ1) is 22.9. The molecule has 4 rings (SSSR count). The number of para-hydroxylation sites is 1. The van der Waals surface area contributed by atoms with Crippen LogP contribution < -0.4 is 10.1 Å². The zero-order valence-corrected chi connectivity index (χ0v) is 20.3. The van der Waals surface area contributed by atoms with Gasteiger partial charge in [-0.25, -0.2) is 0 Å². The molecular weight excluding hydrogens is 432 g/mol. The summed E-state index contributed by atoms with van der Waals surface area (Å²) >= 11 is 7.14. The van der Waals surface area contributed by atoms with Crippen molar-refractivity contribution in [3.63, 3.8) is 0 Å². The summed E-state index contributed by atoms with van der Waals surface area (Å²) < 4.78 is 5.60. The quantitative estimate of drug-likeness (QED) is 0.486. The van der Waals surface area contributed by atoms with Crippen LogP contribution in [0.25, 0.3) is 11.1 Å². The Labute approximate surface area is 200 Å². The third kappa shape index (κ3) is 3.67. The molecule has 33 heavy (non-hydrogen) atoms. The van der Waals surface area contributed by atoms with E-state index in [-0.39, 0.29) is 5.78 Å². The summed E-state index contributed by atoms with van der Waals surface area (Å²) in [6.45, 7) is 7.84. The largest absolute Gasteiger partial charge is 0.495 e. The molecular formula is C28H27ClN2O2. The van der Waals surface area contributed by atoms with E-state index in [4.69, 9.17) is 16.3 Å². The molecule has 0 spiro atoms. The molecule has 5 heteroatoms. The summed E-state index contributed by atoms with van der Waals surface area (Å²) in [5.74, 6) is 0.559. The number of anilines is 1. The van der Waals surface area contributed by atoms with Gasteiger partial charge in [-0.05, 0) is 57.4 Å². The van der Waals surface area contributed by atoms with Gasteiger partial charge in [0.15, 0.2) is 5.78 Å². The molecule has 3 aromatic carbocycles. The summed E-state index contributed by atoms with van der Waals surface area (Å²) in [5.41, 5.74) is 4.05. The van der Waals surface area contributed by atoms with Gasteiger partial charge in [0.1, 0.15) is 11.8 Å². The van der Waals surface area contributed by atoms with Crippen LogP contribution in [0.2, 0.25) is 5.02 Å². The second kappa shape index (κ2) is 8.24. The highest BCUT2D eigenvalue weighted by Gasteiger charge is 2.50. The van der Waals surface area contributed by atoms with Crippen LogP contribution in [0, 0.1) is 18.3 Å². The molecule has 0 bridgehead atoms. The standard InChI is InChI=1S/C28H27ClN2O2/c1-17-14-21(20-13-9-12-19(16-30)25(20)33-5)23(29)22-24(17)31-27(2,3)26(32)28(22,4)15-18-10-7-6-8-11-18/h6-14,31H,15H2,1-5H3. The van der Waals surface area contributed by atoms with Crippen molar-refractivity contribution in [1.82, 2.24) is 0 Å². The van der Waals surface area contributed by atoms with E-state index >= 15 is 0 Å². The van der Waals surface area contributed by atoms with E-state index in [1.165, 1.54) is 0 Å². The fourth-order valence-electron chi connectivity index (χ4n) is 5.07. The van der Waals surface area contributed by atoms with Crippen molar-refractivity contribution < 1.29 is 9.53 Å². The molecule has 0 radical (unpaired) electrons. The van der Waals surface area contributed by atoms with Gasteiger partial charge in [-0.2, -0.15) is 5.26 Å². The average Bonchev–Trinajstić information content (AvgIpc) is 2.79. The maximum Gasteiger partial charge on any atom is 0.168 e. The first-order valence-electron chi connectivity index (χ1n) is 10.9. The maximum absolute atomic E-state index is 13.9. The van der Waals surface area contributed by atoms with Gasteiger partial charge in [0, 0.05) is 22.4 Å². The van der Waals surface area contributed by atoms with Crippen LogP contribution in [-0.4, -0.2) is 18.4 Å². The number of nitrogens with one attached hydrogen (secondary N) is 1. The number of nitriles is 1. The number of carbonyl (C=O) groups excluding carboxylic acids is 1. The number of carbonyl (C=O) groups is 1. The lowest BCUT2D eigenvalue weighted by Gasteiger charge is -2.45. The summed E-state index contributed by atoms with van der Waals surface area (Å²) in [6.07, 6.45) is 0.531. The van der Waals surface area contributed by atoms with E-state index < -0.39 is 11.0 Å². The van der Waals surface area contributed by atoms with Crippen molar-refractivity contribution in [1.29, 1.82) is 5.26 Å². The Bertz CT molecular complexity index is 1290. The van der Waals surface area contributed by atoms with Crippen LogP contribution in [-0.2, 0) is 16.6 Å². The predicted molar refractivity (Wildman–Crippen MR) is 133 cm³/mol. The second-order valence-electron chi connectivity index (χ2n) is 9.38. The number of rotatable bonds is 4. The lowest BCUT2D eigenvalue weighted by atomic mass is 9.65. The lowest BCUT2D eigenvalue weighted by molar-refractivity contribution is -0.128. The smallest absolute Gasteiger partial charge is 0.168 e. The Balaban J connectivity index is 2.03. The number of benzene rings is 3. The number of nitrogens with zero attached hydrogens (tertiary/aromatic N) is 1. The number of ketones is 1. The van der Waals surface area contributed by atoms with Crippen molar-refractivity contribution >= 4 is 23.1 Å². The van der Waals surface area contributed by atoms with Crippen molar-refractivity contribution in [3.05, 3.63) is 81.9 Å². The van der Waals surface area contributed by atoms with E-state index in [1.807, 2.05) is 76.2 Å². The van der Waals surface area contributed by atoms with Gasteiger partial charge in [-0.15, -0.1) is 0 Å². The second-order valence-corrected chi connectivity index (χ2v) is 9.75. The van der Waals surface area contributed by atoms with Crippen molar-refractivity contribution in [3.8, 4) is 22.9 Å². The van der Waals surface area contributed by atoms with Gasteiger partial charge in [0.2, 0.25) is 0 Å². The van der Waals surface area contributed by atoms with Crippen LogP contribution in [0.1, 0.15) is 43.0 Å². The average molecular weight is 459 g/mol. The van der Waals surface area contributed by atoms with E-state index in [0.717, 1.165) is 33.5 Å². The molecule has 168 valence electrons. The molecule has 3 aromatic rings. The monoisotopic (exact) mass is 458 g/mol. The first-order valence-corrected chi connectivity index (χ1v) is 11.3. The number of ether oxygens (including phenoxy) is 1. The van der Waals surface area contributed by atoms with Crippen molar-refractivity contribution in [2.24, 2.45) is 0 Å². The third-order valence-electron chi connectivity index (χ3n) is 6.55. The number of hydrogen-bond donors (Lipinski definition) is 1. The van der Waals surface area contributed by atoms with Gasteiger partial charge in [-0.1, -0.05) is 54.1 Å². The summed E-state index contributed by atoms with van der Waals surface area (Å²) in [4.78, 5) is 13.9. The summed E-state index contributed by atoms with van der Waals surface area (Å²) in [5, 5.41) is 13.5. The molecule has 1 aliphatic heterocycles. The zero-order valence-electron chi connectivity index (χ0n) is 19.5. The lowest BCUT2D eigenvalue weighted by Crippen LogP contribution is -2.56. The molecule has 1 heterocycles. The highest BCUT2D eigenvalue weighted by atomic mass is 35.5. The number of hydrogen-bond acceptors (Lipinski definition) is 4. The maximum atomic E-state index is 13.9. The molecule has 1 atom stereocenters. The minimum Gasteiger partial charge on any atom is -0.495 e. The molecule has 4 nitrogen and oxygen atoms in total. The number of methoxy groups -OCH3 is 1. The molecule has 0 aromatic heterocycles. The molecule has 0 aliphatic carbocycles. The zero-order chi connectivity index (χ0) is 24.0. The molecule has 0 saturated carbocycles. The van der Waals surface area contributed by atoms with Gasteiger partial charge in [0.05, 0.1) is 28.6 Å². The summed E-state index contributed by atoms with van der Waals surface area (Å²) in [7, 11) is 1.55. The van der Waals surface area contributed by atoms with Crippen LogP contribution in [0.5, 0.6) is 5.75 Å². The SMILES string of the molecule is COc1c(C#N)cccc1-c1cc(C)c2c(c1Cl)C(C)(Cc1ccccc1)C(=O)C(C)(C)N2. The van der Waals surface area contributed by atoms with Crippen LogP contribution in [0.3, 0.4) is 0 Å². The normalized spacial score (nSPS) is 18.8. The van der Waals surface area contributed by atoms with E-state index in [2.05, 4.69) is 11.4 Å². The minimum absolute atomic E-state index is 0.0857. The van der Waals surface area contributed by atoms with E-state index in [1.54, 1.807) is 13.2 Å². The summed E-state index contributed by atoms with van der Waals surface area (Å²) in [6, 6.07) is 19.6. The minimum atomic E-state index is -0.844. The predicted octanol–water partition coefficient (Wildman–Crippen LogP) is 6.47. The highest BCUT2D eigenvalue weighted by Crippen LogP contribution is 2.51. The number of halogens is 1. The molecule has 0 amide bonds. The Morgan fingerprint density at radius 2 is 1.76 bits per heavy atom. The van der Waals surface area contributed by atoms with Crippen molar-refractivity contribution in [2.45, 2.75) is 45.1 Å². The fraction of sp³-hybridized carbons (Fsp3) is 0.286. The Kier molecular flexibility index (Phi) is 5.72. The third-order valence-corrected chi connectivity index (χ3v) is 6.94.